The van der Waals surface area contributed by atoms with Crippen molar-refractivity contribution in [2.24, 2.45) is 5.41 Å². The minimum Gasteiger partial charge on any atom is -0.467 e. The highest BCUT2D eigenvalue weighted by Gasteiger charge is 2.39. The van der Waals surface area contributed by atoms with Crippen LogP contribution in [0.15, 0.2) is 78.9 Å². The smallest absolute Gasteiger partial charge is 0.410 e. The van der Waals surface area contributed by atoms with Crippen LogP contribution in [-0.2, 0) is 29.0 Å². The Balaban J connectivity index is 1.39. The third kappa shape index (κ3) is 6.83. The fourth-order valence-corrected chi connectivity index (χ4v) is 6.08. The Hall–Kier alpha value is -3.61. The van der Waals surface area contributed by atoms with Crippen LogP contribution in [0.25, 0.3) is 5.57 Å². The molecule has 1 fully saturated rings. The van der Waals surface area contributed by atoms with Crippen molar-refractivity contribution < 1.29 is 19.0 Å². The number of hydrogen-bond acceptors (Lipinski definition) is 5. The van der Waals surface area contributed by atoms with Gasteiger partial charge in [0.25, 0.3) is 0 Å². The van der Waals surface area contributed by atoms with Crippen LogP contribution in [-0.4, -0.2) is 56.0 Å². The Morgan fingerprint density at radius 3 is 2.37 bits per heavy atom. The molecule has 1 spiro atoms. The van der Waals surface area contributed by atoms with E-state index in [1.165, 1.54) is 22.3 Å². The molecule has 1 saturated heterocycles. The van der Waals surface area contributed by atoms with E-state index in [2.05, 4.69) is 67.3 Å². The molecule has 0 bridgehead atoms. The standard InChI is InChI=1S/C35H42N2O4/c1-4-36(5-2)24-28-15-16-31(33(21-28)41-26-39-3)32-23-35(22-29-13-9-10-14-30(29)32)17-19-37(20-18-35)34(38)40-25-27-11-7-6-8-12-27/h6-16,21,23H,4-5,17-20,22,24-26H2,1-3H3. The van der Waals surface area contributed by atoms with E-state index < -0.39 is 0 Å². The second-order valence-electron chi connectivity index (χ2n) is 11.1. The number of carbonyl (C=O) groups is 1. The zero-order chi connectivity index (χ0) is 28.7. The molecule has 1 heterocycles. The van der Waals surface area contributed by atoms with E-state index in [1.54, 1.807) is 7.11 Å². The van der Waals surface area contributed by atoms with Gasteiger partial charge < -0.3 is 19.1 Å². The molecule has 0 saturated carbocycles. The number of rotatable bonds is 10. The molecule has 3 aromatic carbocycles. The van der Waals surface area contributed by atoms with Crippen molar-refractivity contribution >= 4 is 11.7 Å². The summed E-state index contributed by atoms with van der Waals surface area (Å²) < 4.78 is 17.1. The first-order chi connectivity index (χ1) is 20.0. The number of carbonyl (C=O) groups excluding carboxylic acids is 1. The Morgan fingerprint density at radius 2 is 1.63 bits per heavy atom. The minimum absolute atomic E-state index is 0.0294. The number of nitrogens with zero attached hydrogens (tertiary/aromatic N) is 2. The molecule has 216 valence electrons. The molecule has 1 amide bonds. The summed E-state index contributed by atoms with van der Waals surface area (Å²) in [5.41, 5.74) is 7.08. The van der Waals surface area contributed by atoms with Crippen LogP contribution in [0.2, 0.25) is 0 Å². The molecule has 0 radical (unpaired) electrons. The van der Waals surface area contributed by atoms with Crippen molar-refractivity contribution in [3.8, 4) is 5.75 Å². The number of ether oxygens (including phenoxy) is 3. The molecular weight excluding hydrogens is 512 g/mol. The monoisotopic (exact) mass is 554 g/mol. The molecule has 0 unspecified atom stereocenters. The highest BCUT2D eigenvalue weighted by atomic mass is 16.7. The third-order valence-electron chi connectivity index (χ3n) is 8.49. The van der Waals surface area contributed by atoms with Crippen LogP contribution in [0.4, 0.5) is 4.79 Å². The van der Waals surface area contributed by atoms with Gasteiger partial charge in [0.15, 0.2) is 6.79 Å². The van der Waals surface area contributed by atoms with Gasteiger partial charge in [0.1, 0.15) is 12.4 Å². The molecule has 0 atom stereocenters. The van der Waals surface area contributed by atoms with Gasteiger partial charge in [-0.25, -0.2) is 4.79 Å². The third-order valence-corrected chi connectivity index (χ3v) is 8.49. The zero-order valence-electron chi connectivity index (χ0n) is 24.6. The fourth-order valence-electron chi connectivity index (χ4n) is 6.08. The molecule has 0 N–H and O–H groups in total. The van der Waals surface area contributed by atoms with Gasteiger partial charge in [-0.3, -0.25) is 4.90 Å². The molecule has 1 aliphatic heterocycles. The summed E-state index contributed by atoms with van der Waals surface area (Å²) in [5.74, 6) is 0.844. The molecule has 2 aliphatic rings. The lowest BCUT2D eigenvalue weighted by Crippen LogP contribution is -2.44. The number of allylic oxidation sites excluding steroid dienone is 1. The molecule has 6 nitrogen and oxygen atoms in total. The normalized spacial score (nSPS) is 15.9. The van der Waals surface area contributed by atoms with Crippen LogP contribution in [0.5, 0.6) is 5.75 Å². The lowest BCUT2D eigenvalue weighted by atomic mass is 9.67. The Bertz CT molecular complexity index is 1340. The van der Waals surface area contributed by atoms with Crippen LogP contribution in [0.3, 0.4) is 0 Å². The Morgan fingerprint density at radius 1 is 0.902 bits per heavy atom. The number of likely N-dealkylation sites (tertiary alicyclic amines) is 1. The molecule has 6 heteroatoms. The average Bonchev–Trinajstić information content (AvgIpc) is 3.02. The van der Waals surface area contributed by atoms with Gasteiger partial charge in [-0.1, -0.05) is 86.7 Å². The molecule has 41 heavy (non-hydrogen) atoms. The SMILES string of the molecule is CCN(CC)Cc1ccc(C2=CC3(CCN(C(=O)OCc4ccccc4)CC3)Cc3ccccc32)c(OCOC)c1. The van der Waals surface area contributed by atoms with E-state index in [0.717, 1.165) is 55.8 Å². The van der Waals surface area contributed by atoms with Crippen molar-refractivity contribution in [1.29, 1.82) is 0 Å². The van der Waals surface area contributed by atoms with Gasteiger partial charge in [0, 0.05) is 32.3 Å². The molecule has 0 aromatic heterocycles. The van der Waals surface area contributed by atoms with Crippen LogP contribution in [0.1, 0.15) is 54.5 Å². The molecular formula is C35H42N2O4. The summed E-state index contributed by atoms with van der Waals surface area (Å²) in [6.07, 6.45) is 4.97. The van der Waals surface area contributed by atoms with Crippen LogP contribution < -0.4 is 4.74 Å². The van der Waals surface area contributed by atoms with E-state index >= 15 is 0 Å². The molecule has 1 aliphatic carbocycles. The summed E-state index contributed by atoms with van der Waals surface area (Å²) in [6, 6.07) is 25.1. The second kappa shape index (κ2) is 13.4. The summed E-state index contributed by atoms with van der Waals surface area (Å²) >= 11 is 0. The fraction of sp³-hybridized carbons (Fsp3) is 0.400. The van der Waals surface area contributed by atoms with E-state index in [4.69, 9.17) is 14.2 Å². The summed E-state index contributed by atoms with van der Waals surface area (Å²) in [4.78, 5) is 17.1. The number of amides is 1. The van der Waals surface area contributed by atoms with Crippen molar-refractivity contribution in [2.45, 2.75) is 46.3 Å². The van der Waals surface area contributed by atoms with E-state index in [1.807, 2.05) is 35.2 Å². The van der Waals surface area contributed by atoms with Gasteiger partial charge in [-0.2, -0.15) is 0 Å². The van der Waals surface area contributed by atoms with Gasteiger partial charge in [0.05, 0.1) is 0 Å². The average molecular weight is 555 g/mol. The predicted octanol–water partition coefficient (Wildman–Crippen LogP) is 6.92. The number of benzene rings is 3. The van der Waals surface area contributed by atoms with E-state index in [0.29, 0.717) is 19.7 Å². The Labute approximate surface area is 244 Å². The first kappa shape index (κ1) is 28.9. The van der Waals surface area contributed by atoms with Crippen molar-refractivity contribution in [1.82, 2.24) is 9.80 Å². The van der Waals surface area contributed by atoms with Gasteiger partial charge in [-0.15, -0.1) is 0 Å². The summed E-state index contributed by atoms with van der Waals surface area (Å²) in [6.45, 7) is 9.12. The Kier molecular flexibility index (Phi) is 9.42. The van der Waals surface area contributed by atoms with E-state index in [-0.39, 0.29) is 18.3 Å². The van der Waals surface area contributed by atoms with E-state index in [9.17, 15) is 4.79 Å². The topological polar surface area (TPSA) is 51.2 Å². The van der Waals surface area contributed by atoms with Crippen LogP contribution in [0, 0.1) is 5.41 Å². The van der Waals surface area contributed by atoms with Crippen molar-refractivity contribution in [2.75, 3.05) is 40.1 Å². The number of piperidine rings is 1. The first-order valence-electron chi connectivity index (χ1n) is 14.8. The maximum absolute atomic E-state index is 12.9. The first-order valence-corrected chi connectivity index (χ1v) is 14.8. The maximum atomic E-state index is 12.9. The highest BCUT2D eigenvalue weighted by molar-refractivity contribution is 5.86. The lowest BCUT2D eigenvalue weighted by Gasteiger charge is -2.43. The minimum atomic E-state index is -0.233. The quantitative estimate of drug-likeness (QED) is 0.255. The largest absolute Gasteiger partial charge is 0.467 e. The lowest BCUT2D eigenvalue weighted by molar-refractivity contribution is 0.0508. The van der Waals surface area contributed by atoms with Crippen molar-refractivity contribution in [3.63, 3.8) is 0 Å². The highest BCUT2D eigenvalue weighted by Crippen LogP contribution is 2.47. The second-order valence-corrected chi connectivity index (χ2v) is 11.1. The number of methoxy groups -OCH3 is 1. The van der Waals surface area contributed by atoms with Crippen LogP contribution >= 0.6 is 0 Å². The van der Waals surface area contributed by atoms with Crippen molar-refractivity contribution in [3.05, 3.63) is 107 Å². The number of fused-ring (bicyclic) bond motifs is 1. The zero-order valence-corrected chi connectivity index (χ0v) is 24.6. The van der Waals surface area contributed by atoms with Gasteiger partial charge in [-0.05, 0) is 71.7 Å². The summed E-state index contributed by atoms with van der Waals surface area (Å²) in [5, 5.41) is 0. The molecule has 5 rings (SSSR count). The maximum Gasteiger partial charge on any atom is 0.410 e. The molecule has 3 aromatic rings. The summed E-state index contributed by atoms with van der Waals surface area (Å²) in [7, 11) is 1.65. The number of hydrogen-bond donors (Lipinski definition) is 0. The predicted molar refractivity (Wildman–Crippen MR) is 163 cm³/mol. The van der Waals surface area contributed by atoms with Gasteiger partial charge >= 0.3 is 6.09 Å². The van der Waals surface area contributed by atoms with Gasteiger partial charge in [0.2, 0.25) is 0 Å².